The van der Waals surface area contributed by atoms with E-state index in [-0.39, 0.29) is 18.4 Å². The normalized spacial score (nSPS) is 11.1. The van der Waals surface area contributed by atoms with Gasteiger partial charge in [-0.3, -0.25) is 4.79 Å². The van der Waals surface area contributed by atoms with Crippen molar-refractivity contribution >= 4 is 11.8 Å². The number of ketones is 1. The van der Waals surface area contributed by atoms with Crippen molar-refractivity contribution in [2.75, 3.05) is 13.7 Å². The van der Waals surface area contributed by atoms with Crippen LogP contribution in [0.5, 0.6) is 5.75 Å². The van der Waals surface area contributed by atoms with E-state index in [1.807, 2.05) is 52.0 Å². The Morgan fingerprint density at radius 1 is 0.962 bits per heavy atom. The zero-order valence-corrected chi connectivity index (χ0v) is 16.1. The van der Waals surface area contributed by atoms with Crippen molar-refractivity contribution < 1.29 is 19.1 Å². The summed E-state index contributed by atoms with van der Waals surface area (Å²) in [5.74, 6) is 0.470. The Labute approximate surface area is 155 Å². The molecule has 0 aliphatic carbocycles. The van der Waals surface area contributed by atoms with Crippen molar-refractivity contribution in [1.29, 1.82) is 0 Å². The first-order valence-electron chi connectivity index (χ1n) is 8.63. The van der Waals surface area contributed by atoms with E-state index < -0.39 is 5.41 Å². The zero-order chi connectivity index (χ0) is 19.3. The Bertz CT molecular complexity index is 783. The summed E-state index contributed by atoms with van der Waals surface area (Å²) in [6.45, 7) is 7.72. The average molecular weight is 354 g/mol. The lowest BCUT2D eigenvalue weighted by Gasteiger charge is -2.17. The van der Waals surface area contributed by atoms with E-state index in [2.05, 4.69) is 6.07 Å². The van der Waals surface area contributed by atoms with Gasteiger partial charge in [0, 0.05) is 5.41 Å². The van der Waals surface area contributed by atoms with Gasteiger partial charge in [0.2, 0.25) is 0 Å². The van der Waals surface area contributed by atoms with E-state index in [0.717, 1.165) is 28.9 Å². The molecular formula is C22H26O4. The number of methoxy groups -OCH3 is 1. The van der Waals surface area contributed by atoms with E-state index >= 15 is 0 Å². The number of ether oxygens (including phenoxy) is 2. The summed E-state index contributed by atoms with van der Waals surface area (Å²) < 4.78 is 10.4. The third kappa shape index (κ3) is 5.19. The van der Waals surface area contributed by atoms with Gasteiger partial charge in [-0.2, -0.15) is 0 Å². The Morgan fingerprint density at radius 2 is 1.58 bits per heavy atom. The highest BCUT2D eigenvalue weighted by molar-refractivity contribution is 5.89. The Hall–Kier alpha value is -2.62. The Kier molecular flexibility index (Phi) is 6.19. The first-order chi connectivity index (χ1) is 12.2. The molecule has 0 amide bonds. The van der Waals surface area contributed by atoms with Gasteiger partial charge >= 0.3 is 5.97 Å². The van der Waals surface area contributed by atoms with Gasteiger partial charge in [-0.1, -0.05) is 45.0 Å². The summed E-state index contributed by atoms with van der Waals surface area (Å²) >= 11 is 0. The highest BCUT2D eigenvalue weighted by Gasteiger charge is 2.21. The zero-order valence-electron chi connectivity index (χ0n) is 16.1. The maximum Gasteiger partial charge on any atom is 0.337 e. The van der Waals surface area contributed by atoms with Crippen molar-refractivity contribution in [3.05, 3.63) is 64.7 Å². The number of carbonyl (C=O) groups excluding carboxylic acids is 2. The molecular weight excluding hydrogens is 328 g/mol. The van der Waals surface area contributed by atoms with Crippen LogP contribution in [0.25, 0.3) is 0 Å². The summed E-state index contributed by atoms with van der Waals surface area (Å²) in [4.78, 5) is 23.5. The fraction of sp³-hybridized carbons (Fsp3) is 0.364. The van der Waals surface area contributed by atoms with E-state index in [9.17, 15) is 9.59 Å². The number of carbonyl (C=O) groups is 2. The largest absolute Gasteiger partial charge is 0.486 e. The average Bonchev–Trinajstić information content (AvgIpc) is 2.60. The molecule has 0 unspecified atom stereocenters. The number of esters is 1. The van der Waals surface area contributed by atoms with Gasteiger partial charge in [0.05, 0.1) is 12.7 Å². The molecule has 2 aromatic rings. The molecule has 4 heteroatoms. The monoisotopic (exact) mass is 354 g/mol. The van der Waals surface area contributed by atoms with Crippen LogP contribution in [0, 0.1) is 12.3 Å². The van der Waals surface area contributed by atoms with Crippen molar-refractivity contribution in [2.24, 2.45) is 5.41 Å². The smallest absolute Gasteiger partial charge is 0.337 e. The number of hydrogen-bond acceptors (Lipinski definition) is 4. The molecule has 0 saturated carbocycles. The molecule has 0 spiro atoms. The first-order valence-corrected chi connectivity index (χ1v) is 8.63. The fourth-order valence-corrected chi connectivity index (χ4v) is 2.46. The van der Waals surface area contributed by atoms with Gasteiger partial charge < -0.3 is 9.47 Å². The molecule has 0 aliphatic rings. The number of benzene rings is 2. The second-order valence-electron chi connectivity index (χ2n) is 7.43. The van der Waals surface area contributed by atoms with Crippen LogP contribution in [-0.2, 0) is 16.0 Å². The number of aryl methyl sites for hydroxylation is 1. The summed E-state index contributed by atoms with van der Waals surface area (Å²) in [6.07, 6.45) is 0.753. The summed E-state index contributed by atoms with van der Waals surface area (Å²) in [5, 5.41) is 0. The lowest BCUT2D eigenvalue weighted by Crippen LogP contribution is -2.26. The predicted molar refractivity (Wildman–Crippen MR) is 102 cm³/mol. The third-order valence-corrected chi connectivity index (χ3v) is 4.22. The molecule has 138 valence electrons. The van der Waals surface area contributed by atoms with Gasteiger partial charge in [-0.05, 0) is 48.2 Å². The molecule has 0 bridgehead atoms. The van der Waals surface area contributed by atoms with Gasteiger partial charge in [0.1, 0.15) is 12.4 Å². The fourth-order valence-electron chi connectivity index (χ4n) is 2.46. The van der Waals surface area contributed by atoms with Gasteiger partial charge in [-0.15, -0.1) is 0 Å². The van der Waals surface area contributed by atoms with Crippen LogP contribution in [0.4, 0.5) is 0 Å². The molecule has 0 aliphatic heterocycles. The van der Waals surface area contributed by atoms with E-state index in [0.29, 0.717) is 5.56 Å². The molecule has 26 heavy (non-hydrogen) atoms. The quantitative estimate of drug-likeness (QED) is 0.723. The number of rotatable bonds is 6. The molecule has 0 atom stereocenters. The predicted octanol–water partition coefficient (Wildman–Crippen LogP) is 4.37. The number of hydrogen-bond donors (Lipinski definition) is 0. The van der Waals surface area contributed by atoms with Crippen LogP contribution in [0.3, 0.4) is 0 Å². The van der Waals surface area contributed by atoms with E-state index in [4.69, 9.17) is 9.47 Å². The highest BCUT2D eigenvalue weighted by atomic mass is 16.5. The topological polar surface area (TPSA) is 52.6 Å². The third-order valence-electron chi connectivity index (χ3n) is 4.22. The molecule has 0 aromatic heterocycles. The molecule has 0 saturated heterocycles. The van der Waals surface area contributed by atoms with Crippen LogP contribution >= 0.6 is 0 Å². The van der Waals surface area contributed by atoms with Gasteiger partial charge in [-0.25, -0.2) is 4.79 Å². The van der Waals surface area contributed by atoms with Gasteiger partial charge in [0.15, 0.2) is 5.78 Å². The molecule has 2 rings (SSSR count). The van der Waals surface area contributed by atoms with Crippen LogP contribution in [-0.4, -0.2) is 25.5 Å². The Balaban J connectivity index is 2.03. The van der Waals surface area contributed by atoms with E-state index in [1.54, 1.807) is 12.1 Å². The molecule has 2 aromatic carbocycles. The van der Waals surface area contributed by atoms with Crippen molar-refractivity contribution in [2.45, 2.75) is 34.1 Å². The lowest BCUT2D eigenvalue weighted by molar-refractivity contribution is -0.128. The standard InChI is InChI=1S/C22H26O4/c1-15-12-17(8-11-19(15)26-14-20(23)22(2,3)4)13-16-6-9-18(10-7-16)21(24)25-5/h6-12H,13-14H2,1-5H3. The maximum atomic E-state index is 12.0. The van der Waals surface area contributed by atoms with Crippen molar-refractivity contribution in [3.63, 3.8) is 0 Å². The number of Topliss-reactive ketones (excluding diaryl/α,β-unsaturated/α-hetero) is 1. The molecule has 0 N–H and O–H groups in total. The van der Waals surface area contributed by atoms with E-state index in [1.165, 1.54) is 7.11 Å². The summed E-state index contributed by atoms with van der Waals surface area (Å²) in [5.41, 5.74) is 3.39. The van der Waals surface area contributed by atoms with Crippen LogP contribution in [0.15, 0.2) is 42.5 Å². The maximum absolute atomic E-state index is 12.0. The lowest BCUT2D eigenvalue weighted by atomic mass is 9.91. The minimum absolute atomic E-state index is 0.0756. The molecule has 4 nitrogen and oxygen atoms in total. The second-order valence-corrected chi connectivity index (χ2v) is 7.43. The van der Waals surface area contributed by atoms with Crippen molar-refractivity contribution in [3.8, 4) is 5.75 Å². The van der Waals surface area contributed by atoms with Crippen molar-refractivity contribution in [1.82, 2.24) is 0 Å². The summed E-state index contributed by atoms with van der Waals surface area (Å²) in [6, 6.07) is 13.3. The van der Waals surface area contributed by atoms with Gasteiger partial charge in [0.25, 0.3) is 0 Å². The summed E-state index contributed by atoms with van der Waals surface area (Å²) in [7, 11) is 1.37. The SMILES string of the molecule is COC(=O)c1ccc(Cc2ccc(OCC(=O)C(C)(C)C)c(C)c2)cc1. The second kappa shape index (κ2) is 8.17. The Morgan fingerprint density at radius 3 is 2.12 bits per heavy atom. The van der Waals surface area contributed by atoms with Crippen LogP contribution in [0.2, 0.25) is 0 Å². The minimum atomic E-state index is -0.399. The molecule has 0 fully saturated rings. The molecule has 0 radical (unpaired) electrons. The van der Waals surface area contributed by atoms with Crippen LogP contribution in [0.1, 0.15) is 47.8 Å². The highest BCUT2D eigenvalue weighted by Crippen LogP contribution is 2.22. The first kappa shape index (κ1) is 19.7. The molecule has 0 heterocycles. The minimum Gasteiger partial charge on any atom is -0.486 e. The van der Waals surface area contributed by atoms with Crippen LogP contribution < -0.4 is 4.74 Å².